The van der Waals surface area contributed by atoms with Crippen molar-refractivity contribution >= 4 is 17.8 Å². The summed E-state index contributed by atoms with van der Waals surface area (Å²) in [6.07, 6.45) is 2.18. The number of amides is 1. The molecule has 1 fully saturated rings. The minimum absolute atomic E-state index is 0.0810. The van der Waals surface area contributed by atoms with Crippen LogP contribution in [0.4, 0.5) is 4.79 Å². The SMILES string of the molecule is O=C(NC(CCC1CCCC1=O)C(=O)O)OCC1c2ccccc2-c2ccccc21. The summed E-state index contributed by atoms with van der Waals surface area (Å²) in [6, 6.07) is 15.0. The lowest BCUT2D eigenvalue weighted by atomic mass is 9.97. The van der Waals surface area contributed by atoms with Crippen molar-refractivity contribution in [1.82, 2.24) is 5.32 Å². The van der Waals surface area contributed by atoms with Crippen molar-refractivity contribution in [2.75, 3.05) is 6.61 Å². The first-order chi connectivity index (χ1) is 14.5. The van der Waals surface area contributed by atoms with Crippen molar-refractivity contribution in [1.29, 1.82) is 0 Å². The number of benzene rings is 2. The summed E-state index contributed by atoms with van der Waals surface area (Å²) in [5, 5.41) is 11.9. The van der Waals surface area contributed by atoms with Gasteiger partial charge in [0.2, 0.25) is 0 Å². The fourth-order valence-corrected chi connectivity index (χ4v) is 4.60. The van der Waals surface area contributed by atoms with Crippen LogP contribution in [-0.2, 0) is 14.3 Å². The summed E-state index contributed by atoms with van der Waals surface area (Å²) in [5.74, 6) is -1.09. The van der Waals surface area contributed by atoms with Gasteiger partial charge in [0.05, 0.1) is 0 Å². The molecule has 2 aliphatic carbocycles. The molecule has 2 N–H and O–H groups in total. The van der Waals surface area contributed by atoms with E-state index in [0.717, 1.165) is 35.1 Å². The van der Waals surface area contributed by atoms with E-state index < -0.39 is 18.1 Å². The molecule has 2 unspecified atom stereocenters. The summed E-state index contributed by atoms with van der Waals surface area (Å²) in [4.78, 5) is 35.7. The zero-order valence-electron chi connectivity index (χ0n) is 16.7. The van der Waals surface area contributed by atoms with E-state index in [1.54, 1.807) is 0 Å². The zero-order chi connectivity index (χ0) is 21.1. The molecule has 1 saturated carbocycles. The van der Waals surface area contributed by atoms with E-state index >= 15 is 0 Å². The van der Waals surface area contributed by atoms with Crippen LogP contribution in [0.1, 0.15) is 49.1 Å². The number of carboxylic acid groups (broad SMARTS) is 1. The molecular weight excluding hydrogens is 382 g/mol. The Hall–Kier alpha value is -3.15. The molecule has 4 rings (SSSR count). The molecule has 2 aliphatic rings. The topological polar surface area (TPSA) is 92.7 Å². The van der Waals surface area contributed by atoms with Gasteiger partial charge in [-0.25, -0.2) is 9.59 Å². The maximum absolute atomic E-state index is 12.3. The van der Waals surface area contributed by atoms with Crippen LogP contribution in [0.3, 0.4) is 0 Å². The van der Waals surface area contributed by atoms with Gasteiger partial charge in [-0.1, -0.05) is 48.5 Å². The highest BCUT2D eigenvalue weighted by atomic mass is 16.5. The van der Waals surface area contributed by atoms with Crippen molar-refractivity contribution in [2.24, 2.45) is 5.92 Å². The number of carbonyl (C=O) groups is 3. The van der Waals surface area contributed by atoms with Crippen LogP contribution < -0.4 is 5.32 Å². The first-order valence-corrected chi connectivity index (χ1v) is 10.4. The lowest BCUT2D eigenvalue weighted by Gasteiger charge is -2.18. The predicted molar refractivity (Wildman–Crippen MR) is 111 cm³/mol. The number of nitrogens with one attached hydrogen (secondary N) is 1. The molecule has 0 saturated heterocycles. The number of carboxylic acids is 1. The Kier molecular flexibility index (Phi) is 5.84. The molecule has 156 valence electrons. The number of carbonyl (C=O) groups excluding carboxylic acids is 2. The average Bonchev–Trinajstić information content (AvgIpc) is 3.30. The van der Waals surface area contributed by atoms with Gasteiger partial charge >= 0.3 is 12.1 Å². The number of fused-ring (bicyclic) bond motifs is 3. The van der Waals surface area contributed by atoms with Crippen LogP contribution in [0.2, 0.25) is 0 Å². The van der Waals surface area contributed by atoms with Gasteiger partial charge in [-0.3, -0.25) is 4.79 Å². The molecule has 0 aromatic heterocycles. The van der Waals surface area contributed by atoms with Gasteiger partial charge in [0.25, 0.3) is 0 Å². The second kappa shape index (κ2) is 8.69. The summed E-state index contributed by atoms with van der Waals surface area (Å²) in [7, 11) is 0. The molecule has 0 aliphatic heterocycles. The maximum Gasteiger partial charge on any atom is 0.407 e. The lowest BCUT2D eigenvalue weighted by Crippen LogP contribution is -2.41. The van der Waals surface area contributed by atoms with Crippen LogP contribution in [0.25, 0.3) is 11.1 Å². The van der Waals surface area contributed by atoms with E-state index in [9.17, 15) is 19.5 Å². The summed E-state index contributed by atoms with van der Waals surface area (Å²) in [5.41, 5.74) is 4.46. The molecule has 2 atom stereocenters. The Balaban J connectivity index is 1.37. The standard InChI is InChI=1S/C24H25NO5/c26-22-11-5-6-15(22)12-13-21(23(27)28)25-24(29)30-14-20-18-9-3-1-7-16(18)17-8-2-4-10-19(17)20/h1-4,7-10,15,20-21H,5-6,11-14H2,(H,25,29)(H,27,28). The minimum Gasteiger partial charge on any atom is -0.480 e. The number of ketones is 1. The van der Waals surface area contributed by atoms with Gasteiger partial charge in [0.1, 0.15) is 18.4 Å². The third-order valence-electron chi connectivity index (χ3n) is 6.17. The summed E-state index contributed by atoms with van der Waals surface area (Å²) < 4.78 is 5.43. The second-order valence-corrected chi connectivity index (χ2v) is 7.99. The first-order valence-electron chi connectivity index (χ1n) is 10.4. The first kappa shape index (κ1) is 20.1. The molecule has 0 radical (unpaired) electrons. The number of aliphatic carboxylic acids is 1. The van der Waals surface area contributed by atoms with Gasteiger partial charge in [0, 0.05) is 18.3 Å². The smallest absolute Gasteiger partial charge is 0.407 e. The van der Waals surface area contributed by atoms with Crippen LogP contribution in [0.15, 0.2) is 48.5 Å². The van der Waals surface area contributed by atoms with E-state index in [-0.39, 0.29) is 30.6 Å². The molecule has 6 heteroatoms. The highest BCUT2D eigenvalue weighted by molar-refractivity contribution is 5.83. The molecule has 0 heterocycles. The normalized spacial score (nSPS) is 18.5. The van der Waals surface area contributed by atoms with Crippen molar-refractivity contribution in [3.8, 4) is 11.1 Å². The number of Topliss-reactive ketones (excluding diaryl/α,β-unsaturated/α-hetero) is 1. The number of alkyl carbamates (subject to hydrolysis) is 1. The predicted octanol–water partition coefficient (Wildman–Crippen LogP) is 4.13. The summed E-state index contributed by atoms with van der Waals surface area (Å²) in [6.45, 7) is 0.132. The van der Waals surface area contributed by atoms with E-state index in [4.69, 9.17) is 4.74 Å². The zero-order valence-corrected chi connectivity index (χ0v) is 16.7. The van der Waals surface area contributed by atoms with Gasteiger partial charge in [-0.15, -0.1) is 0 Å². The molecule has 6 nitrogen and oxygen atoms in total. The Morgan fingerprint density at radius 3 is 2.27 bits per heavy atom. The Labute approximate surface area is 175 Å². The fourth-order valence-electron chi connectivity index (χ4n) is 4.60. The van der Waals surface area contributed by atoms with E-state index in [1.165, 1.54) is 0 Å². The van der Waals surface area contributed by atoms with E-state index in [0.29, 0.717) is 12.8 Å². The minimum atomic E-state index is -1.12. The molecule has 2 aromatic carbocycles. The maximum atomic E-state index is 12.3. The average molecular weight is 407 g/mol. The quantitative estimate of drug-likeness (QED) is 0.720. The molecule has 0 spiro atoms. The van der Waals surface area contributed by atoms with E-state index in [2.05, 4.69) is 17.4 Å². The van der Waals surface area contributed by atoms with Crippen molar-refractivity contribution in [3.05, 3.63) is 59.7 Å². The molecule has 30 heavy (non-hydrogen) atoms. The van der Waals surface area contributed by atoms with Crippen LogP contribution in [0, 0.1) is 5.92 Å². The van der Waals surface area contributed by atoms with Gasteiger partial charge < -0.3 is 15.2 Å². The molecular formula is C24H25NO5. The van der Waals surface area contributed by atoms with Crippen molar-refractivity contribution in [2.45, 2.75) is 44.1 Å². The Bertz CT molecular complexity index is 924. The van der Waals surface area contributed by atoms with Gasteiger partial charge in [0.15, 0.2) is 0 Å². The Morgan fingerprint density at radius 1 is 1.07 bits per heavy atom. The third-order valence-corrected chi connectivity index (χ3v) is 6.17. The van der Waals surface area contributed by atoms with Crippen LogP contribution >= 0.6 is 0 Å². The van der Waals surface area contributed by atoms with Crippen LogP contribution in [0.5, 0.6) is 0 Å². The Morgan fingerprint density at radius 2 is 1.70 bits per heavy atom. The number of rotatable bonds is 7. The van der Waals surface area contributed by atoms with Gasteiger partial charge in [-0.2, -0.15) is 0 Å². The highest BCUT2D eigenvalue weighted by Gasteiger charge is 2.30. The lowest BCUT2D eigenvalue weighted by molar-refractivity contribution is -0.139. The summed E-state index contributed by atoms with van der Waals surface area (Å²) >= 11 is 0. The number of ether oxygens (including phenoxy) is 1. The molecule has 1 amide bonds. The molecule has 2 aromatic rings. The fraction of sp³-hybridized carbons (Fsp3) is 0.375. The second-order valence-electron chi connectivity index (χ2n) is 7.99. The van der Waals surface area contributed by atoms with Crippen LogP contribution in [-0.4, -0.2) is 35.6 Å². The number of hydrogen-bond acceptors (Lipinski definition) is 4. The molecule has 0 bridgehead atoms. The highest BCUT2D eigenvalue weighted by Crippen LogP contribution is 2.44. The van der Waals surface area contributed by atoms with Gasteiger partial charge in [-0.05, 0) is 47.9 Å². The largest absolute Gasteiger partial charge is 0.480 e. The number of hydrogen-bond donors (Lipinski definition) is 2. The van der Waals surface area contributed by atoms with E-state index in [1.807, 2.05) is 36.4 Å². The third kappa shape index (κ3) is 4.08. The van der Waals surface area contributed by atoms with Crippen molar-refractivity contribution < 1.29 is 24.2 Å². The monoisotopic (exact) mass is 407 g/mol. The van der Waals surface area contributed by atoms with Crippen molar-refractivity contribution in [3.63, 3.8) is 0 Å².